The molecule has 0 atom stereocenters. The molecule has 0 spiro atoms. The molecule has 0 aliphatic heterocycles. The van der Waals surface area contributed by atoms with Crippen molar-refractivity contribution in [1.82, 2.24) is 4.98 Å². The number of nitriles is 1. The summed E-state index contributed by atoms with van der Waals surface area (Å²) in [6.07, 6.45) is 1.56. The lowest BCUT2D eigenvalue weighted by molar-refractivity contribution is -0.384. The van der Waals surface area contributed by atoms with Gasteiger partial charge in [0.25, 0.3) is 5.69 Å². The van der Waals surface area contributed by atoms with Crippen molar-refractivity contribution in [3.05, 3.63) is 85.0 Å². The minimum absolute atomic E-state index is 0.0176. The van der Waals surface area contributed by atoms with Gasteiger partial charge in [0.2, 0.25) is 0 Å². The van der Waals surface area contributed by atoms with Crippen LogP contribution in [-0.2, 0) is 18.0 Å². The molecule has 0 saturated heterocycles. The van der Waals surface area contributed by atoms with Gasteiger partial charge < -0.3 is 14.2 Å². The highest BCUT2D eigenvalue weighted by Gasteiger charge is 2.13. The van der Waals surface area contributed by atoms with Crippen LogP contribution in [-0.4, -0.2) is 30.3 Å². The van der Waals surface area contributed by atoms with Crippen LogP contribution in [0.5, 0.6) is 11.5 Å². The van der Waals surface area contributed by atoms with Gasteiger partial charge in [-0.1, -0.05) is 0 Å². The van der Waals surface area contributed by atoms with Crippen LogP contribution >= 0.6 is 15.9 Å². The lowest BCUT2D eigenvalue weighted by atomic mass is 10.1. The standard InChI is InChI=1S/C24H22BrN5O5/c1-15-8-18(14-33-2)20(11-26)24(28-15)29-27-12-17-9-22(34-3)23(10-21(17)25)35-13-16-4-6-19(7-5-16)30(31)32/h4-10,12H,13-14H2,1-3H3,(H,28,29)/b27-12-. The highest BCUT2D eigenvalue weighted by Crippen LogP contribution is 2.33. The van der Waals surface area contributed by atoms with E-state index in [-0.39, 0.29) is 18.9 Å². The van der Waals surface area contributed by atoms with E-state index in [0.717, 1.165) is 16.8 Å². The van der Waals surface area contributed by atoms with Crippen LogP contribution in [0.25, 0.3) is 0 Å². The number of pyridine rings is 1. The van der Waals surface area contributed by atoms with Crippen molar-refractivity contribution in [3.8, 4) is 17.6 Å². The molecule has 0 saturated carbocycles. The van der Waals surface area contributed by atoms with E-state index in [0.29, 0.717) is 32.9 Å². The summed E-state index contributed by atoms with van der Waals surface area (Å²) in [5.74, 6) is 1.30. The minimum atomic E-state index is -0.450. The first-order chi connectivity index (χ1) is 16.9. The number of benzene rings is 2. The number of non-ortho nitro benzene ring substituents is 1. The maximum absolute atomic E-state index is 10.8. The summed E-state index contributed by atoms with van der Waals surface area (Å²) in [4.78, 5) is 14.7. The number of hydrogen-bond donors (Lipinski definition) is 1. The fraction of sp³-hybridized carbons (Fsp3) is 0.208. The number of aryl methyl sites for hydroxylation is 1. The number of anilines is 1. The monoisotopic (exact) mass is 539 g/mol. The summed E-state index contributed by atoms with van der Waals surface area (Å²) in [6.45, 7) is 2.32. The second kappa shape index (κ2) is 11.9. The molecule has 0 amide bonds. The molecule has 0 aliphatic carbocycles. The Morgan fingerprint density at radius 2 is 1.94 bits per heavy atom. The molecule has 35 heavy (non-hydrogen) atoms. The molecule has 3 rings (SSSR count). The first-order valence-corrected chi connectivity index (χ1v) is 11.1. The number of halogens is 1. The topological polar surface area (TPSA) is 132 Å². The minimum Gasteiger partial charge on any atom is -0.493 e. The number of ether oxygens (including phenoxy) is 3. The molecule has 10 nitrogen and oxygen atoms in total. The van der Waals surface area contributed by atoms with Gasteiger partial charge in [0.1, 0.15) is 18.2 Å². The SMILES string of the molecule is COCc1cc(C)nc(N/N=C\c2cc(OC)c(OCc3ccc([N+](=O)[O-])cc3)cc2Br)c1C#N. The van der Waals surface area contributed by atoms with Crippen molar-refractivity contribution < 1.29 is 19.1 Å². The fourth-order valence-corrected chi connectivity index (χ4v) is 3.60. The molecule has 0 aliphatic rings. The number of aromatic nitrogens is 1. The molecule has 2 aromatic carbocycles. The average Bonchev–Trinajstić information content (AvgIpc) is 2.84. The maximum Gasteiger partial charge on any atom is 0.269 e. The first kappa shape index (κ1) is 25.6. The zero-order chi connectivity index (χ0) is 25.4. The Labute approximate surface area is 210 Å². The molecule has 0 bridgehead atoms. The van der Waals surface area contributed by atoms with E-state index < -0.39 is 4.92 Å². The summed E-state index contributed by atoms with van der Waals surface area (Å²) in [5.41, 5.74) is 6.13. The Morgan fingerprint density at radius 3 is 2.57 bits per heavy atom. The Kier molecular flexibility index (Phi) is 8.72. The van der Waals surface area contributed by atoms with Crippen molar-refractivity contribution in [1.29, 1.82) is 5.26 Å². The zero-order valence-electron chi connectivity index (χ0n) is 19.2. The van der Waals surface area contributed by atoms with Gasteiger partial charge in [0, 0.05) is 40.5 Å². The van der Waals surface area contributed by atoms with E-state index in [1.54, 1.807) is 43.7 Å². The third kappa shape index (κ3) is 6.53. The molecule has 1 heterocycles. The predicted molar refractivity (Wildman–Crippen MR) is 134 cm³/mol. The summed E-state index contributed by atoms with van der Waals surface area (Å²) >= 11 is 3.51. The highest BCUT2D eigenvalue weighted by molar-refractivity contribution is 9.10. The van der Waals surface area contributed by atoms with Crippen molar-refractivity contribution in [2.45, 2.75) is 20.1 Å². The van der Waals surface area contributed by atoms with Gasteiger partial charge in [-0.2, -0.15) is 10.4 Å². The van der Waals surface area contributed by atoms with Gasteiger partial charge in [0.15, 0.2) is 17.3 Å². The Hall–Kier alpha value is -4.01. The number of hydrazone groups is 1. The number of nitro benzene ring substituents is 1. The van der Waals surface area contributed by atoms with Crippen molar-refractivity contribution in [2.75, 3.05) is 19.6 Å². The van der Waals surface area contributed by atoms with E-state index in [1.807, 2.05) is 6.92 Å². The summed E-state index contributed by atoms with van der Waals surface area (Å²) in [7, 11) is 3.08. The van der Waals surface area contributed by atoms with Crippen LogP contribution in [0.4, 0.5) is 11.5 Å². The number of methoxy groups -OCH3 is 2. The van der Waals surface area contributed by atoms with Crippen LogP contribution in [0.2, 0.25) is 0 Å². The third-order valence-electron chi connectivity index (χ3n) is 4.84. The van der Waals surface area contributed by atoms with Gasteiger partial charge in [-0.3, -0.25) is 15.5 Å². The van der Waals surface area contributed by atoms with E-state index >= 15 is 0 Å². The first-order valence-electron chi connectivity index (χ1n) is 10.3. The Morgan fingerprint density at radius 1 is 1.20 bits per heavy atom. The predicted octanol–water partition coefficient (Wildman–Crippen LogP) is 5.11. The quantitative estimate of drug-likeness (QED) is 0.213. The van der Waals surface area contributed by atoms with Gasteiger partial charge in [0.05, 0.1) is 24.9 Å². The van der Waals surface area contributed by atoms with E-state index in [9.17, 15) is 15.4 Å². The summed E-state index contributed by atoms with van der Waals surface area (Å²) < 4.78 is 17.2. The molecule has 1 N–H and O–H groups in total. The van der Waals surface area contributed by atoms with Crippen LogP contribution in [0.15, 0.2) is 52.0 Å². The smallest absolute Gasteiger partial charge is 0.269 e. The van der Waals surface area contributed by atoms with Gasteiger partial charge in [-0.05, 0) is 58.7 Å². The molecule has 11 heteroatoms. The largest absolute Gasteiger partial charge is 0.493 e. The van der Waals surface area contributed by atoms with Crippen molar-refractivity contribution >= 4 is 33.6 Å². The molecule has 0 radical (unpaired) electrons. The molecule has 0 fully saturated rings. The number of nitrogens with zero attached hydrogens (tertiary/aromatic N) is 4. The normalized spacial score (nSPS) is 10.7. The van der Waals surface area contributed by atoms with Crippen molar-refractivity contribution in [3.63, 3.8) is 0 Å². The van der Waals surface area contributed by atoms with Crippen LogP contribution in [0, 0.1) is 28.4 Å². The number of nitrogens with one attached hydrogen (secondary N) is 1. The van der Waals surface area contributed by atoms with Gasteiger partial charge in [-0.15, -0.1) is 0 Å². The molecular weight excluding hydrogens is 518 g/mol. The van der Waals surface area contributed by atoms with Crippen LogP contribution in [0.3, 0.4) is 0 Å². The van der Waals surface area contributed by atoms with E-state index in [2.05, 4.69) is 37.5 Å². The van der Waals surface area contributed by atoms with Gasteiger partial charge >= 0.3 is 0 Å². The maximum atomic E-state index is 10.8. The molecular formula is C24H22BrN5O5. The van der Waals surface area contributed by atoms with Gasteiger partial charge in [-0.25, -0.2) is 4.98 Å². The fourth-order valence-electron chi connectivity index (χ4n) is 3.18. The molecule has 0 unspecified atom stereocenters. The second-order valence-corrected chi connectivity index (χ2v) is 8.15. The molecule has 180 valence electrons. The van der Waals surface area contributed by atoms with E-state index in [1.165, 1.54) is 19.2 Å². The van der Waals surface area contributed by atoms with E-state index in [4.69, 9.17) is 14.2 Å². The highest BCUT2D eigenvalue weighted by atomic mass is 79.9. The second-order valence-electron chi connectivity index (χ2n) is 7.30. The Bertz CT molecular complexity index is 1290. The number of hydrogen-bond acceptors (Lipinski definition) is 9. The molecule has 3 aromatic rings. The van der Waals surface area contributed by atoms with Crippen LogP contribution in [0.1, 0.15) is 27.9 Å². The lowest BCUT2D eigenvalue weighted by Crippen LogP contribution is -2.04. The third-order valence-corrected chi connectivity index (χ3v) is 5.53. The summed E-state index contributed by atoms with van der Waals surface area (Å²) in [6, 6.07) is 13.6. The molecule has 1 aromatic heterocycles. The number of nitro groups is 1. The average molecular weight is 540 g/mol. The summed E-state index contributed by atoms with van der Waals surface area (Å²) in [5, 5.41) is 24.6. The Balaban J connectivity index is 1.76. The lowest BCUT2D eigenvalue weighted by Gasteiger charge is -2.13. The zero-order valence-corrected chi connectivity index (χ0v) is 20.8. The number of rotatable bonds is 10. The van der Waals surface area contributed by atoms with Crippen LogP contribution < -0.4 is 14.9 Å². The van der Waals surface area contributed by atoms with Crippen molar-refractivity contribution in [2.24, 2.45) is 5.10 Å².